The second-order valence-corrected chi connectivity index (χ2v) is 5.58. The van der Waals surface area contributed by atoms with Crippen LogP contribution in [0.15, 0.2) is 18.2 Å². The molecule has 5 heteroatoms. The van der Waals surface area contributed by atoms with Crippen LogP contribution in [0.3, 0.4) is 0 Å². The molecule has 0 bridgehead atoms. The molecule has 1 aliphatic rings. The van der Waals surface area contributed by atoms with Gasteiger partial charge in [-0.2, -0.15) is 0 Å². The molecule has 0 aliphatic carbocycles. The topological polar surface area (TPSA) is 70.6 Å². The average Bonchev–Trinajstić information content (AvgIpc) is 2.79. The summed E-state index contributed by atoms with van der Waals surface area (Å²) in [4.78, 5) is 11.4. The van der Waals surface area contributed by atoms with Crippen LogP contribution in [-0.2, 0) is 4.79 Å². The fourth-order valence-electron chi connectivity index (χ4n) is 2.73. The molecule has 3 atom stereocenters. The molecule has 2 rings (SSSR count). The molecule has 5 nitrogen and oxygen atoms in total. The van der Waals surface area contributed by atoms with Gasteiger partial charge in [0.1, 0.15) is 11.8 Å². The van der Waals surface area contributed by atoms with Crippen LogP contribution in [0.25, 0.3) is 0 Å². The Morgan fingerprint density at radius 1 is 1.35 bits per heavy atom. The van der Waals surface area contributed by atoms with E-state index in [0.29, 0.717) is 5.92 Å². The van der Waals surface area contributed by atoms with Crippen molar-refractivity contribution in [3.05, 3.63) is 29.3 Å². The first-order valence-corrected chi connectivity index (χ1v) is 6.87. The number of benzene rings is 1. The summed E-state index contributed by atoms with van der Waals surface area (Å²) in [5.74, 6) is 0.105. The number of carboxylic acids is 1. The van der Waals surface area contributed by atoms with Crippen molar-refractivity contribution in [1.29, 1.82) is 0 Å². The van der Waals surface area contributed by atoms with E-state index in [1.54, 1.807) is 7.11 Å². The van der Waals surface area contributed by atoms with E-state index in [4.69, 9.17) is 4.74 Å². The molecule has 1 aliphatic heterocycles. The maximum absolute atomic E-state index is 11.4. The number of aliphatic carboxylic acids is 1. The summed E-state index contributed by atoms with van der Waals surface area (Å²) in [5.41, 5.74) is 7.99. The molecule has 0 spiro atoms. The minimum absolute atomic E-state index is 0.0208. The number of rotatable bonds is 4. The molecular weight excluding hydrogens is 256 g/mol. The third-order valence-corrected chi connectivity index (χ3v) is 3.91. The minimum Gasteiger partial charge on any atom is -0.496 e. The Hall–Kier alpha value is -1.59. The Morgan fingerprint density at radius 3 is 2.60 bits per heavy atom. The van der Waals surface area contributed by atoms with Gasteiger partial charge in [-0.3, -0.25) is 10.2 Å². The maximum Gasteiger partial charge on any atom is 0.322 e. The van der Waals surface area contributed by atoms with Crippen molar-refractivity contribution in [3.8, 4) is 5.75 Å². The molecule has 1 fully saturated rings. The van der Waals surface area contributed by atoms with E-state index in [1.807, 2.05) is 19.1 Å². The number of nitrogens with one attached hydrogen (secondary N) is 2. The fourth-order valence-corrected chi connectivity index (χ4v) is 2.73. The third-order valence-electron chi connectivity index (χ3n) is 3.91. The Kier molecular flexibility index (Phi) is 4.30. The normalized spacial score (nSPS) is 25.9. The molecule has 1 aromatic carbocycles. The zero-order chi connectivity index (χ0) is 14.9. The van der Waals surface area contributed by atoms with E-state index >= 15 is 0 Å². The highest BCUT2D eigenvalue weighted by atomic mass is 16.5. The molecule has 3 unspecified atom stereocenters. The smallest absolute Gasteiger partial charge is 0.322 e. The highest BCUT2D eigenvalue weighted by molar-refractivity contribution is 5.76. The van der Waals surface area contributed by atoms with Crippen molar-refractivity contribution < 1.29 is 14.6 Å². The Bertz CT molecular complexity index is 502. The molecular formula is C15H22N2O3. The van der Waals surface area contributed by atoms with E-state index in [2.05, 4.69) is 30.8 Å². The summed E-state index contributed by atoms with van der Waals surface area (Å²) >= 11 is 0. The Balaban J connectivity index is 2.48. The van der Waals surface area contributed by atoms with Gasteiger partial charge in [-0.15, -0.1) is 0 Å². The first kappa shape index (κ1) is 14.8. The van der Waals surface area contributed by atoms with Crippen molar-refractivity contribution in [3.63, 3.8) is 0 Å². The zero-order valence-corrected chi connectivity index (χ0v) is 12.3. The van der Waals surface area contributed by atoms with Crippen LogP contribution in [0.4, 0.5) is 0 Å². The quantitative estimate of drug-likeness (QED) is 0.784. The van der Waals surface area contributed by atoms with Gasteiger partial charge in [0, 0.05) is 17.5 Å². The summed E-state index contributed by atoms with van der Waals surface area (Å²) in [5, 5.41) is 9.36. The van der Waals surface area contributed by atoms with Crippen LogP contribution < -0.4 is 15.6 Å². The van der Waals surface area contributed by atoms with Gasteiger partial charge >= 0.3 is 5.97 Å². The molecule has 1 heterocycles. The maximum atomic E-state index is 11.4. The number of hydrogen-bond acceptors (Lipinski definition) is 4. The Morgan fingerprint density at radius 2 is 2.05 bits per heavy atom. The van der Waals surface area contributed by atoms with Crippen LogP contribution in [0.1, 0.15) is 43.7 Å². The van der Waals surface area contributed by atoms with Gasteiger partial charge in [0.2, 0.25) is 0 Å². The highest BCUT2D eigenvalue weighted by Crippen LogP contribution is 2.36. The van der Waals surface area contributed by atoms with Crippen molar-refractivity contribution in [2.45, 2.75) is 44.7 Å². The largest absolute Gasteiger partial charge is 0.496 e. The number of ether oxygens (including phenoxy) is 1. The van der Waals surface area contributed by atoms with E-state index in [9.17, 15) is 9.90 Å². The first-order valence-electron chi connectivity index (χ1n) is 6.87. The standard InChI is InChI=1S/C15H22N2O3/c1-8(2)10-5-6-12(20-4)11(7-10)13-9(3)16-17-14(13)15(18)19/h5-9,13-14,16-17H,1-4H3,(H,18,19). The third kappa shape index (κ3) is 2.64. The molecule has 0 aromatic heterocycles. The van der Waals surface area contributed by atoms with E-state index in [1.165, 1.54) is 5.56 Å². The lowest BCUT2D eigenvalue weighted by Crippen LogP contribution is -2.38. The lowest BCUT2D eigenvalue weighted by Gasteiger charge is -2.22. The molecule has 110 valence electrons. The number of methoxy groups -OCH3 is 1. The average molecular weight is 278 g/mol. The highest BCUT2D eigenvalue weighted by Gasteiger charge is 2.40. The van der Waals surface area contributed by atoms with Gasteiger partial charge < -0.3 is 9.84 Å². The molecule has 1 saturated heterocycles. The lowest BCUT2D eigenvalue weighted by molar-refractivity contribution is -0.139. The summed E-state index contributed by atoms with van der Waals surface area (Å²) in [7, 11) is 1.62. The number of hydrazine groups is 1. The monoisotopic (exact) mass is 278 g/mol. The summed E-state index contributed by atoms with van der Waals surface area (Å²) in [6, 6.07) is 5.39. The molecule has 0 amide bonds. The zero-order valence-electron chi connectivity index (χ0n) is 12.3. The SMILES string of the molecule is COc1ccc(C(C)C)cc1C1C(C)NNC1C(=O)O. The molecule has 0 saturated carbocycles. The predicted molar refractivity (Wildman–Crippen MR) is 77.0 cm³/mol. The molecule has 0 radical (unpaired) electrons. The van der Waals surface area contributed by atoms with Gasteiger partial charge in [-0.25, -0.2) is 5.43 Å². The summed E-state index contributed by atoms with van der Waals surface area (Å²) < 4.78 is 5.42. The molecule has 1 aromatic rings. The number of carbonyl (C=O) groups is 1. The Labute approximate surface area is 119 Å². The van der Waals surface area contributed by atoms with Crippen molar-refractivity contribution in [2.75, 3.05) is 7.11 Å². The molecule has 20 heavy (non-hydrogen) atoms. The van der Waals surface area contributed by atoms with Gasteiger partial charge in [-0.05, 0) is 24.5 Å². The van der Waals surface area contributed by atoms with Crippen molar-refractivity contribution in [2.24, 2.45) is 0 Å². The fraction of sp³-hybridized carbons (Fsp3) is 0.533. The lowest BCUT2D eigenvalue weighted by atomic mass is 9.85. The van der Waals surface area contributed by atoms with Gasteiger partial charge in [0.15, 0.2) is 0 Å². The van der Waals surface area contributed by atoms with Gasteiger partial charge in [0.25, 0.3) is 0 Å². The van der Waals surface area contributed by atoms with E-state index < -0.39 is 12.0 Å². The van der Waals surface area contributed by atoms with Crippen LogP contribution in [-0.4, -0.2) is 30.3 Å². The number of carboxylic acid groups (broad SMARTS) is 1. The minimum atomic E-state index is -0.858. The van der Waals surface area contributed by atoms with E-state index in [0.717, 1.165) is 11.3 Å². The second kappa shape index (κ2) is 5.81. The summed E-state index contributed by atoms with van der Waals surface area (Å²) in [6.07, 6.45) is 0. The second-order valence-electron chi connectivity index (χ2n) is 5.58. The van der Waals surface area contributed by atoms with Crippen LogP contribution in [0.5, 0.6) is 5.75 Å². The first-order chi connectivity index (χ1) is 9.45. The van der Waals surface area contributed by atoms with Crippen molar-refractivity contribution >= 4 is 5.97 Å². The van der Waals surface area contributed by atoms with Crippen LogP contribution >= 0.6 is 0 Å². The van der Waals surface area contributed by atoms with Gasteiger partial charge in [0.05, 0.1) is 7.11 Å². The van der Waals surface area contributed by atoms with Crippen molar-refractivity contribution in [1.82, 2.24) is 10.9 Å². The summed E-state index contributed by atoms with van der Waals surface area (Å²) in [6.45, 7) is 6.21. The van der Waals surface area contributed by atoms with Crippen LogP contribution in [0.2, 0.25) is 0 Å². The predicted octanol–water partition coefficient (Wildman–Crippen LogP) is 1.85. The molecule has 3 N–H and O–H groups in total. The number of hydrogen-bond donors (Lipinski definition) is 3. The van der Waals surface area contributed by atoms with Gasteiger partial charge in [-0.1, -0.05) is 26.0 Å². The van der Waals surface area contributed by atoms with E-state index in [-0.39, 0.29) is 12.0 Å². The van der Waals surface area contributed by atoms with Crippen LogP contribution in [0, 0.1) is 0 Å².